The minimum absolute atomic E-state index is 0.653. The smallest absolute Gasteiger partial charge is 0.235 e. The standard InChI is InChI=1S/C48H26N4OS/c1-2-12-30(13-3-1)51-34-16-6-4-14-31(34)32-23-20-29(26-37(32)51)45-47-46(33-15-5-7-19-40(33)54-47)50-48(49-45)52-35-24-21-27-10-8-17-38-41(27)43(35)44-36(52)25-22-28-11-9-18-39(53-38)42(28)44/h1-26H. The molecule has 54 heavy (non-hydrogen) atoms. The predicted octanol–water partition coefficient (Wildman–Crippen LogP) is 13.2. The van der Waals surface area contributed by atoms with E-state index in [4.69, 9.17) is 14.4 Å². The fourth-order valence-electron chi connectivity index (χ4n) is 9.03. The molecule has 5 nitrogen and oxygen atoms in total. The summed E-state index contributed by atoms with van der Waals surface area (Å²) in [6.45, 7) is 0. The lowest BCUT2D eigenvalue weighted by Gasteiger charge is -2.12. The van der Waals surface area contributed by atoms with Gasteiger partial charge < -0.3 is 8.98 Å². The normalized spacial score (nSPS) is 12.4. The summed E-state index contributed by atoms with van der Waals surface area (Å²) in [5.74, 6) is 0.653. The van der Waals surface area contributed by atoms with E-state index in [-0.39, 0.29) is 0 Å². The highest BCUT2D eigenvalue weighted by molar-refractivity contribution is 7.26. The molecule has 13 aromatic rings. The van der Waals surface area contributed by atoms with Crippen LogP contribution in [0, 0.1) is 0 Å². The third-order valence-electron chi connectivity index (χ3n) is 11.3. The molecule has 0 aliphatic heterocycles. The van der Waals surface area contributed by atoms with Crippen molar-refractivity contribution in [2.45, 2.75) is 0 Å². The van der Waals surface area contributed by atoms with Gasteiger partial charge in [-0.3, -0.25) is 4.57 Å². The first-order valence-electron chi connectivity index (χ1n) is 18.2. The molecule has 0 saturated carbocycles. The summed E-state index contributed by atoms with van der Waals surface area (Å²) in [7, 11) is 0. The van der Waals surface area contributed by atoms with Gasteiger partial charge in [0, 0.05) is 53.7 Å². The summed E-state index contributed by atoms with van der Waals surface area (Å²) < 4.78 is 13.6. The third kappa shape index (κ3) is 3.67. The molecule has 0 N–H and O–H groups in total. The second kappa shape index (κ2) is 10.3. The molecule has 8 aromatic carbocycles. The van der Waals surface area contributed by atoms with E-state index in [0.29, 0.717) is 5.95 Å². The van der Waals surface area contributed by atoms with Crippen molar-refractivity contribution in [3.05, 3.63) is 158 Å². The molecule has 0 radical (unpaired) electrons. The second-order valence-corrected chi connectivity index (χ2v) is 15.2. The minimum atomic E-state index is 0.653. The maximum absolute atomic E-state index is 6.69. The Balaban J connectivity index is 1.18. The number of hydrogen-bond acceptors (Lipinski definition) is 4. The quantitative estimate of drug-likeness (QED) is 0.184. The van der Waals surface area contributed by atoms with E-state index in [1.807, 2.05) is 0 Å². The van der Waals surface area contributed by atoms with Crippen LogP contribution in [0.15, 0.2) is 162 Å². The van der Waals surface area contributed by atoms with Crippen molar-refractivity contribution >= 4 is 108 Å². The molecule has 5 heterocycles. The first-order valence-corrected chi connectivity index (χ1v) is 19.0. The summed E-state index contributed by atoms with van der Waals surface area (Å²) >= 11 is 1.76. The fraction of sp³-hybridized carbons (Fsp3) is 0. The fourth-order valence-corrected chi connectivity index (χ4v) is 10.2. The molecule has 13 rings (SSSR count). The Morgan fingerprint density at radius 3 is 1.89 bits per heavy atom. The molecule has 0 atom stereocenters. The summed E-state index contributed by atoms with van der Waals surface area (Å²) in [6, 6.07) is 56.2. The SMILES string of the molecule is c1ccc(-n2c3ccccc3c3ccc(-c4nc(-n5c6ccc7cccc8oc9cccc%10ccc5c(c%109)c6c78)nc5c4sc4ccccc45)cc32)cc1. The number of para-hydroxylation sites is 2. The molecule has 0 fully saturated rings. The molecular weight excluding hydrogens is 681 g/mol. The molecule has 0 aliphatic rings. The molecule has 5 aromatic heterocycles. The van der Waals surface area contributed by atoms with Gasteiger partial charge in [0.15, 0.2) is 0 Å². The zero-order valence-corrected chi connectivity index (χ0v) is 29.4. The first kappa shape index (κ1) is 28.6. The van der Waals surface area contributed by atoms with Crippen LogP contribution in [0.2, 0.25) is 0 Å². The van der Waals surface area contributed by atoms with E-state index >= 15 is 0 Å². The zero-order chi connectivity index (χ0) is 35.1. The van der Waals surface area contributed by atoms with Crippen molar-refractivity contribution in [1.82, 2.24) is 19.1 Å². The van der Waals surface area contributed by atoms with Crippen molar-refractivity contribution < 1.29 is 4.42 Å². The van der Waals surface area contributed by atoms with Gasteiger partial charge in [0.05, 0.1) is 38.0 Å². The number of nitrogens with zero attached hydrogens (tertiary/aromatic N) is 4. The van der Waals surface area contributed by atoms with Gasteiger partial charge in [0.25, 0.3) is 0 Å². The number of thiophene rings is 1. The minimum Gasteiger partial charge on any atom is -0.456 e. The Hall–Kier alpha value is -7.02. The van der Waals surface area contributed by atoms with Gasteiger partial charge in [0.1, 0.15) is 11.2 Å². The number of benzene rings is 8. The summed E-state index contributed by atoms with van der Waals surface area (Å²) in [5, 5.41) is 10.4. The van der Waals surface area contributed by atoms with Crippen LogP contribution in [-0.4, -0.2) is 19.1 Å². The van der Waals surface area contributed by atoms with Crippen molar-refractivity contribution in [2.75, 3.05) is 0 Å². The number of hydrogen-bond donors (Lipinski definition) is 0. The molecular formula is C48H26N4OS. The Kier molecular flexibility index (Phi) is 5.45. The summed E-state index contributed by atoms with van der Waals surface area (Å²) in [4.78, 5) is 11.1. The largest absolute Gasteiger partial charge is 0.456 e. The highest BCUT2D eigenvalue weighted by Gasteiger charge is 2.25. The van der Waals surface area contributed by atoms with Crippen LogP contribution >= 0.6 is 11.3 Å². The predicted molar refractivity (Wildman–Crippen MR) is 225 cm³/mol. The average molecular weight is 707 g/mol. The van der Waals surface area contributed by atoms with Gasteiger partial charge >= 0.3 is 0 Å². The lowest BCUT2D eigenvalue weighted by atomic mass is 10.00. The van der Waals surface area contributed by atoms with Crippen LogP contribution in [0.4, 0.5) is 0 Å². The maximum atomic E-state index is 6.69. The highest BCUT2D eigenvalue weighted by Crippen LogP contribution is 2.46. The van der Waals surface area contributed by atoms with E-state index in [2.05, 4.69) is 167 Å². The molecule has 0 spiro atoms. The summed E-state index contributed by atoms with van der Waals surface area (Å²) in [6.07, 6.45) is 0. The van der Waals surface area contributed by atoms with Crippen molar-refractivity contribution in [2.24, 2.45) is 0 Å². The Bertz CT molecular complexity index is 3580. The monoisotopic (exact) mass is 706 g/mol. The van der Waals surface area contributed by atoms with Crippen molar-refractivity contribution in [3.63, 3.8) is 0 Å². The van der Waals surface area contributed by atoms with Crippen LogP contribution in [-0.2, 0) is 0 Å². The van der Waals surface area contributed by atoms with Gasteiger partial charge in [-0.05, 0) is 65.4 Å². The lowest BCUT2D eigenvalue weighted by molar-refractivity contribution is 0.664. The van der Waals surface area contributed by atoms with Crippen LogP contribution in [0.25, 0.3) is 120 Å². The number of fused-ring (bicyclic) bond motifs is 6. The zero-order valence-electron chi connectivity index (χ0n) is 28.6. The van der Waals surface area contributed by atoms with Gasteiger partial charge in [-0.1, -0.05) is 103 Å². The van der Waals surface area contributed by atoms with Crippen LogP contribution in [0.5, 0.6) is 0 Å². The Morgan fingerprint density at radius 1 is 0.463 bits per heavy atom. The summed E-state index contributed by atoms with van der Waals surface area (Å²) in [5.41, 5.74) is 10.2. The van der Waals surface area contributed by atoms with Crippen molar-refractivity contribution in [3.8, 4) is 22.9 Å². The number of aromatic nitrogens is 4. The van der Waals surface area contributed by atoms with Gasteiger partial charge in [-0.2, -0.15) is 0 Å². The Morgan fingerprint density at radius 2 is 1.13 bits per heavy atom. The topological polar surface area (TPSA) is 48.8 Å². The van der Waals surface area contributed by atoms with Crippen molar-refractivity contribution in [1.29, 1.82) is 0 Å². The molecule has 0 amide bonds. The lowest BCUT2D eigenvalue weighted by Crippen LogP contribution is -2.03. The highest BCUT2D eigenvalue weighted by atomic mass is 32.1. The Labute approximate surface area is 310 Å². The molecule has 0 bridgehead atoms. The third-order valence-corrected chi connectivity index (χ3v) is 12.5. The molecule has 6 heteroatoms. The maximum Gasteiger partial charge on any atom is 0.235 e. The van der Waals surface area contributed by atoms with E-state index in [0.717, 1.165) is 81.8 Å². The molecule has 0 aliphatic carbocycles. The molecule has 250 valence electrons. The van der Waals surface area contributed by atoms with Crippen LogP contribution in [0.3, 0.4) is 0 Å². The van der Waals surface area contributed by atoms with Gasteiger partial charge in [-0.25, -0.2) is 9.97 Å². The van der Waals surface area contributed by atoms with E-state index in [1.165, 1.54) is 31.8 Å². The first-order chi connectivity index (χ1) is 26.8. The van der Waals surface area contributed by atoms with Gasteiger partial charge in [0.2, 0.25) is 5.95 Å². The van der Waals surface area contributed by atoms with E-state index in [1.54, 1.807) is 11.3 Å². The van der Waals surface area contributed by atoms with Crippen LogP contribution in [0.1, 0.15) is 0 Å². The van der Waals surface area contributed by atoms with E-state index in [9.17, 15) is 0 Å². The second-order valence-electron chi connectivity index (χ2n) is 14.1. The van der Waals surface area contributed by atoms with E-state index < -0.39 is 0 Å². The average Bonchev–Trinajstić information content (AvgIpc) is 3.85. The number of rotatable bonds is 3. The molecule has 0 unspecified atom stereocenters. The molecule has 0 saturated heterocycles. The van der Waals surface area contributed by atoms with Gasteiger partial charge in [-0.15, -0.1) is 11.3 Å². The van der Waals surface area contributed by atoms with Crippen LogP contribution < -0.4 is 0 Å².